The SMILES string of the molecule is N#Cc1ccc(N2CCC(C(=O)Nc3ccc(N4CCC(CN5CCC6(CC5)CN(c5ccc7c(c5)C(=O)N(C5CCC(=O)NC5=O)C7=O)C6)CC4)cn3)CC2)cc1C(F)(F)F. The highest BCUT2D eigenvalue weighted by Gasteiger charge is 2.48. The van der Waals surface area contributed by atoms with Gasteiger partial charge in [0.25, 0.3) is 11.8 Å². The van der Waals surface area contributed by atoms with Crippen LogP contribution in [0.4, 0.5) is 36.1 Å². The summed E-state index contributed by atoms with van der Waals surface area (Å²) < 4.78 is 40.4. The third-order valence-corrected chi connectivity index (χ3v) is 13.9. The molecule has 6 aliphatic heterocycles. The maximum atomic E-state index is 13.5. The highest BCUT2D eigenvalue weighted by molar-refractivity contribution is 6.23. The van der Waals surface area contributed by atoms with Crippen molar-refractivity contribution in [3.05, 3.63) is 77.0 Å². The first kappa shape index (κ1) is 41.3. The molecule has 0 radical (unpaired) electrons. The summed E-state index contributed by atoms with van der Waals surface area (Å²) in [4.78, 5) is 78.2. The van der Waals surface area contributed by atoms with E-state index >= 15 is 0 Å². The van der Waals surface area contributed by atoms with Gasteiger partial charge in [0.05, 0.1) is 40.2 Å². The predicted octanol–water partition coefficient (Wildman–Crippen LogP) is 5.05. The molecule has 5 fully saturated rings. The van der Waals surface area contributed by atoms with Crippen LogP contribution < -0.4 is 25.3 Å². The van der Waals surface area contributed by atoms with Gasteiger partial charge in [-0.25, -0.2) is 4.98 Å². The number of rotatable bonds is 8. The van der Waals surface area contributed by atoms with Gasteiger partial charge in [0.2, 0.25) is 17.7 Å². The molecule has 17 heteroatoms. The first-order valence-electron chi connectivity index (χ1n) is 21.5. The summed E-state index contributed by atoms with van der Waals surface area (Å²) in [5.41, 5.74) is 1.77. The van der Waals surface area contributed by atoms with Gasteiger partial charge in [0.1, 0.15) is 11.9 Å². The van der Waals surface area contributed by atoms with Crippen LogP contribution in [0.5, 0.6) is 0 Å². The number of likely N-dealkylation sites (tertiary alicyclic amines) is 1. The second-order valence-electron chi connectivity index (χ2n) is 17.8. The minimum atomic E-state index is -4.63. The summed E-state index contributed by atoms with van der Waals surface area (Å²) in [6.45, 7) is 7.64. The number of hydrogen-bond acceptors (Lipinski definition) is 11. The van der Waals surface area contributed by atoms with Crippen molar-refractivity contribution in [2.75, 3.05) is 78.9 Å². The minimum absolute atomic E-state index is 0.0858. The van der Waals surface area contributed by atoms with E-state index in [1.165, 1.54) is 12.1 Å². The number of nitriles is 1. The van der Waals surface area contributed by atoms with Gasteiger partial charge in [-0.05, 0) is 112 Å². The summed E-state index contributed by atoms with van der Waals surface area (Å²) in [7, 11) is 0. The molecule has 2 aromatic carbocycles. The maximum Gasteiger partial charge on any atom is 0.417 e. The second-order valence-corrected chi connectivity index (χ2v) is 17.8. The van der Waals surface area contributed by atoms with Gasteiger partial charge in [-0.1, -0.05) is 0 Å². The Morgan fingerprint density at radius 2 is 1.45 bits per heavy atom. The number of amides is 5. The van der Waals surface area contributed by atoms with Crippen molar-refractivity contribution in [1.29, 1.82) is 5.26 Å². The van der Waals surface area contributed by atoms with Crippen LogP contribution in [0.2, 0.25) is 0 Å². The standard InChI is InChI=1S/C45H48F3N9O5/c46-45(47,48)36-22-32(2-1-30(36)23-49)54-17-11-29(12-18-54)40(59)51-38-7-4-33(24-50-38)55-15-9-28(10-16-55)25-53-19-13-44(14-20-53)26-56(27-44)31-3-5-34-35(21-31)43(62)57(42(34)61)37-6-8-39(58)52-41(37)60/h1-5,7,21-22,24,28-29,37H,6,8-20,25-27H2,(H,50,51,59)(H,52,58,60). The zero-order valence-corrected chi connectivity index (χ0v) is 34.3. The van der Waals surface area contributed by atoms with Crippen molar-refractivity contribution in [3.8, 4) is 6.07 Å². The fourth-order valence-corrected chi connectivity index (χ4v) is 10.2. The molecule has 1 unspecified atom stereocenters. The van der Waals surface area contributed by atoms with Gasteiger partial charge in [-0.2, -0.15) is 18.4 Å². The molecule has 0 saturated carbocycles. The fourth-order valence-electron chi connectivity index (χ4n) is 10.2. The third-order valence-electron chi connectivity index (χ3n) is 13.9. The molecule has 14 nitrogen and oxygen atoms in total. The zero-order chi connectivity index (χ0) is 43.3. The van der Waals surface area contributed by atoms with Crippen LogP contribution in [0.15, 0.2) is 54.7 Å². The van der Waals surface area contributed by atoms with E-state index in [9.17, 15) is 37.1 Å². The Morgan fingerprint density at radius 1 is 0.806 bits per heavy atom. The molecule has 5 amide bonds. The topological polar surface area (TPSA) is 162 Å². The van der Waals surface area contributed by atoms with E-state index in [1.54, 1.807) is 24.4 Å². The van der Waals surface area contributed by atoms with Crippen molar-refractivity contribution in [3.63, 3.8) is 0 Å². The molecule has 5 saturated heterocycles. The molecule has 6 aliphatic rings. The Balaban J connectivity index is 0.691. The first-order chi connectivity index (χ1) is 29.8. The molecule has 62 heavy (non-hydrogen) atoms. The molecule has 3 aromatic rings. The van der Waals surface area contributed by atoms with Crippen LogP contribution in [0.3, 0.4) is 0 Å². The van der Waals surface area contributed by atoms with Crippen molar-refractivity contribution < 1.29 is 37.1 Å². The lowest BCUT2D eigenvalue weighted by molar-refractivity contribution is -0.138. The number of imide groups is 2. The highest BCUT2D eigenvalue weighted by atomic mass is 19.4. The Hall–Kier alpha value is -6.02. The van der Waals surface area contributed by atoms with Gasteiger partial charge in [-0.3, -0.25) is 34.2 Å². The number of aromatic nitrogens is 1. The number of carbonyl (C=O) groups is 5. The maximum absolute atomic E-state index is 13.5. The smallest absolute Gasteiger partial charge is 0.371 e. The fraction of sp³-hybridized carbons (Fsp3) is 0.489. The number of nitrogens with zero attached hydrogens (tertiary/aromatic N) is 7. The van der Waals surface area contributed by atoms with Gasteiger partial charge >= 0.3 is 6.18 Å². The van der Waals surface area contributed by atoms with Gasteiger partial charge < -0.3 is 24.9 Å². The summed E-state index contributed by atoms with van der Waals surface area (Å²) in [6.07, 6.45) is 2.72. The van der Waals surface area contributed by atoms with Gasteiger partial charge in [0, 0.05) is 74.9 Å². The molecule has 1 spiro atoms. The Bertz CT molecular complexity index is 2320. The molecule has 0 bridgehead atoms. The number of fused-ring (bicyclic) bond motifs is 1. The number of benzene rings is 2. The number of pyridine rings is 1. The van der Waals surface area contributed by atoms with Crippen LogP contribution >= 0.6 is 0 Å². The monoisotopic (exact) mass is 851 g/mol. The van der Waals surface area contributed by atoms with Crippen LogP contribution in [-0.4, -0.2) is 109 Å². The number of carbonyl (C=O) groups excluding carboxylic acids is 5. The summed E-state index contributed by atoms with van der Waals surface area (Å²) in [5, 5.41) is 14.3. The number of piperidine rings is 4. The van der Waals surface area contributed by atoms with E-state index < -0.39 is 47.0 Å². The number of anilines is 4. The Labute approximate surface area is 357 Å². The molecule has 324 valence electrons. The lowest BCUT2D eigenvalue weighted by Gasteiger charge is -2.55. The van der Waals surface area contributed by atoms with E-state index in [4.69, 9.17) is 5.26 Å². The van der Waals surface area contributed by atoms with E-state index in [2.05, 4.69) is 30.3 Å². The summed E-state index contributed by atoms with van der Waals surface area (Å²) >= 11 is 0. The lowest BCUT2D eigenvalue weighted by atomic mass is 9.71. The third kappa shape index (κ3) is 8.07. The zero-order valence-electron chi connectivity index (χ0n) is 34.3. The normalized spacial score (nSPS) is 22.4. The quantitative estimate of drug-likeness (QED) is 0.292. The van der Waals surface area contributed by atoms with Crippen LogP contribution in [-0.2, 0) is 20.6 Å². The lowest BCUT2D eigenvalue weighted by Crippen LogP contribution is -2.60. The van der Waals surface area contributed by atoms with Crippen LogP contribution in [0.25, 0.3) is 0 Å². The summed E-state index contributed by atoms with van der Waals surface area (Å²) in [6, 6.07) is 13.5. The first-order valence-corrected chi connectivity index (χ1v) is 21.5. The molecular weight excluding hydrogens is 804 g/mol. The highest BCUT2D eigenvalue weighted by Crippen LogP contribution is 2.44. The number of nitrogens with one attached hydrogen (secondary N) is 2. The molecular formula is C45H48F3N9O5. The van der Waals surface area contributed by atoms with Crippen LogP contribution in [0, 0.1) is 28.6 Å². The van der Waals surface area contributed by atoms with Crippen molar-refractivity contribution >= 4 is 52.4 Å². The van der Waals surface area contributed by atoms with Gasteiger partial charge in [0.15, 0.2) is 0 Å². The average Bonchev–Trinajstić information content (AvgIpc) is 3.50. The van der Waals surface area contributed by atoms with E-state index in [0.29, 0.717) is 54.5 Å². The molecule has 0 aliphatic carbocycles. The Kier molecular flexibility index (Phi) is 10.9. The number of alkyl halides is 3. The average molecular weight is 852 g/mol. The largest absolute Gasteiger partial charge is 0.417 e. The Morgan fingerprint density at radius 3 is 2.11 bits per heavy atom. The predicted molar refractivity (Wildman–Crippen MR) is 222 cm³/mol. The molecule has 1 atom stereocenters. The van der Waals surface area contributed by atoms with E-state index in [1.807, 2.05) is 23.1 Å². The molecule has 1 aromatic heterocycles. The second kappa shape index (κ2) is 16.4. The van der Waals surface area contributed by atoms with Gasteiger partial charge in [-0.15, -0.1) is 0 Å². The summed E-state index contributed by atoms with van der Waals surface area (Å²) in [5.74, 6) is -1.37. The number of hydrogen-bond donors (Lipinski definition) is 2. The molecule has 2 N–H and O–H groups in total. The van der Waals surface area contributed by atoms with Crippen molar-refractivity contribution in [2.45, 2.75) is 63.6 Å². The minimum Gasteiger partial charge on any atom is -0.371 e. The van der Waals surface area contributed by atoms with E-state index in [0.717, 1.165) is 93.8 Å². The number of halogens is 3. The van der Waals surface area contributed by atoms with E-state index in [-0.39, 0.29) is 30.1 Å². The van der Waals surface area contributed by atoms with Crippen molar-refractivity contribution in [1.82, 2.24) is 20.1 Å². The van der Waals surface area contributed by atoms with Crippen molar-refractivity contribution in [2.24, 2.45) is 17.3 Å². The molecule has 9 rings (SSSR count). The van der Waals surface area contributed by atoms with Crippen LogP contribution in [0.1, 0.15) is 83.2 Å². The molecule has 7 heterocycles.